The molecule has 3 nitrogen and oxygen atoms in total. The van der Waals surface area contributed by atoms with Gasteiger partial charge in [0.15, 0.2) is 0 Å². The summed E-state index contributed by atoms with van der Waals surface area (Å²) in [7, 11) is 0. The Morgan fingerprint density at radius 2 is 1.90 bits per heavy atom. The monoisotopic (exact) mass is 298 g/mol. The molecule has 1 aliphatic rings. The Labute approximate surface area is 121 Å². The van der Waals surface area contributed by atoms with Crippen molar-refractivity contribution in [1.82, 2.24) is 0 Å². The number of halogens is 3. The van der Waals surface area contributed by atoms with Gasteiger partial charge < -0.3 is 10.4 Å². The number of nitrogens with one attached hydrogen (secondary N) is 1. The van der Waals surface area contributed by atoms with Crippen molar-refractivity contribution in [2.45, 2.75) is 43.9 Å². The van der Waals surface area contributed by atoms with Crippen LogP contribution in [0.2, 0.25) is 0 Å². The molecule has 0 spiro atoms. The molecule has 0 saturated heterocycles. The molecule has 0 amide bonds. The molecule has 1 saturated carbocycles. The maximum Gasteiger partial charge on any atom is 0.417 e. The van der Waals surface area contributed by atoms with Crippen molar-refractivity contribution in [3.8, 4) is 6.07 Å². The summed E-state index contributed by atoms with van der Waals surface area (Å²) in [6, 6.07) is 4.93. The Balaban J connectivity index is 2.10. The number of alkyl halides is 3. The second-order valence-electron chi connectivity index (χ2n) is 5.51. The Morgan fingerprint density at radius 3 is 2.48 bits per heavy atom. The van der Waals surface area contributed by atoms with Gasteiger partial charge in [0.25, 0.3) is 0 Å². The zero-order valence-corrected chi connectivity index (χ0v) is 11.5. The Bertz CT molecular complexity index is 543. The first kappa shape index (κ1) is 15.6. The molecule has 114 valence electrons. The zero-order chi connectivity index (χ0) is 15.5. The van der Waals surface area contributed by atoms with Crippen LogP contribution in [0.4, 0.5) is 18.9 Å². The first-order valence-corrected chi connectivity index (χ1v) is 6.92. The Kier molecular flexibility index (Phi) is 4.43. The van der Waals surface area contributed by atoms with Crippen LogP contribution in [0.3, 0.4) is 0 Å². The second kappa shape index (κ2) is 5.94. The largest absolute Gasteiger partial charge is 0.417 e. The molecule has 0 radical (unpaired) electrons. The molecule has 1 aromatic carbocycles. The number of nitrogens with zero attached hydrogens (tertiary/aromatic N) is 1. The lowest BCUT2D eigenvalue weighted by atomic mass is 9.85. The van der Waals surface area contributed by atoms with Gasteiger partial charge in [-0.3, -0.25) is 0 Å². The van der Waals surface area contributed by atoms with Crippen LogP contribution in [0.15, 0.2) is 18.2 Å². The van der Waals surface area contributed by atoms with Crippen LogP contribution in [0.1, 0.15) is 43.2 Å². The van der Waals surface area contributed by atoms with Gasteiger partial charge in [-0.1, -0.05) is 19.3 Å². The van der Waals surface area contributed by atoms with Gasteiger partial charge >= 0.3 is 6.18 Å². The standard InChI is InChI=1S/C15H17F3N2O/c16-15(17,18)13-5-4-12(8-11(13)9-19)20-10-14(21)6-2-1-3-7-14/h4-5,8,20-21H,1-3,6-7,10H2. The third-order valence-corrected chi connectivity index (χ3v) is 3.85. The molecule has 2 N–H and O–H groups in total. The van der Waals surface area contributed by atoms with E-state index in [0.29, 0.717) is 18.5 Å². The van der Waals surface area contributed by atoms with Gasteiger partial charge in [0.05, 0.1) is 22.8 Å². The normalized spacial score (nSPS) is 18.0. The van der Waals surface area contributed by atoms with E-state index in [4.69, 9.17) is 5.26 Å². The van der Waals surface area contributed by atoms with Gasteiger partial charge in [0, 0.05) is 12.2 Å². The molecule has 21 heavy (non-hydrogen) atoms. The van der Waals surface area contributed by atoms with E-state index in [0.717, 1.165) is 25.3 Å². The maximum absolute atomic E-state index is 12.7. The van der Waals surface area contributed by atoms with Crippen LogP contribution in [-0.2, 0) is 6.18 Å². The van der Waals surface area contributed by atoms with Gasteiger partial charge in [-0.05, 0) is 31.0 Å². The van der Waals surface area contributed by atoms with Gasteiger partial charge in [0.2, 0.25) is 0 Å². The van der Waals surface area contributed by atoms with E-state index in [9.17, 15) is 18.3 Å². The molecule has 0 heterocycles. The van der Waals surface area contributed by atoms with Crippen molar-refractivity contribution in [2.24, 2.45) is 0 Å². The second-order valence-corrected chi connectivity index (χ2v) is 5.51. The van der Waals surface area contributed by atoms with Crippen molar-refractivity contribution < 1.29 is 18.3 Å². The summed E-state index contributed by atoms with van der Waals surface area (Å²) in [4.78, 5) is 0. The third kappa shape index (κ3) is 3.88. The van der Waals surface area contributed by atoms with Crippen molar-refractivity contribution >= 4 is 5.69 Å². The third-order valence-electron chi connectivity index (χ3n) is 3.85. The molecule has 0 atom stereocenters. The van der Waals surface area contributed by atoms with E-state index in [1.54, 1.807) is 6.07 Å². The van der Waals surface area contributed by atoms with Gasteiger partial charge in [0.1, 0.15) is 0 Å². The summed E-state index contributed by atoms with van der Waals surface area (Å²) in [5.74, 6) is 0. The van der Waals surface area contributed by atoms with E-state index in [1.807, 2.05) is 0 Å². The van der Waals surface area contributed by atoms with E-state index >= 15 is 0 Å². The summed E-state index contributed by atoms with van der Waals surface area (Å²) in [5.41, 5.74) is -1.75. The summed E-state index contributed by atoms with van der Waals surface area (Å²) >= 11 is 0. The average Bonchev–Trinajstić information content (AvgIpc) is 2.44. The fourth-order valence-electron chi connectivity index (χ4n) is 2.65. The smallest absolute Gasteiger partial charge is 0.388 e. The van der Waals surface area contributed by atoms with Crippen LogP contribution in [-0.4, -0.2) is 17.3 Å². The van der Waals surface area contributed by atoms with Crippen molar-refractivity contribution in [1.29, 1.82) is 5.26 Å². The average molecular weight is 298 g/mol. The number of aliphatic hydroxyl groups is 1. The van der Waals surface area contributed by atoms with Crippen LogP contribution in [0, 0.1) is 11.3 Å². The van der Waals surface area contributed by atoms with Crippen molar-refractivity contribution in [3.05, 3.63) is 29.3 Å². The molecule has 1 aliphatic carbocycles. The molecule has 1 fully saturated rings. The summed E-state index contributed by atoms with van der Waals surface area (Å²) in [6.45, 7) is 0.281. The minimum Gasteiger partial charge on any atom is -0.388 e. The van der Waals surface area contributed by atoms with Gasteiger partial charge in [-0.15, -0.1) is 0 Å². The molecular weight excluding hydrogens is 281 g/mol. The number of benzene rings is 1. The summed E-state index contributed by atoms with van der Waals surface area (Å²) in [5, 5.41) is 22.1. The molecule has 0 aliphatic heterocycles. The van der Waals surface area contributed by atoms with E-state index in [-0.39, 0.29) is 6.54 Å². The summed E-state index contributed by atoms with van der Waals surface area (Å²) in [6.07, 6.45) is -0.160. The lowest BCUT2D eigenvalue weighted by Crippen LogP contribution is -2.38. The first-order chi connectivity index (χ1) is 9.84. The fourth-order valence-corrected chi connectivity index (χ4v) is 2.65. The minimum atomic E-state index is -4.54. The minimum absolute atomic E-state index is 0.281. The molecule has 1 aromatic rings. The predicted octanol–water partition coefficient (Wildman–Crippen LogP) is 3.68. The zero-order valence-electron chi connectivity index (χ0n) is 11.5. The van der Waals surface area contributed by atoms with Crippen LogP contribution < -0.4 is 5.32 Å². The number of nitriles is 1. The van der Waals surface area contributed by atoms with E-state index in [2.05, 4.69) is 5.32 Å². The van der Waals surface area contributed by atoms with Crippen molar-refractivity contribution in [2.75, 3.05) is 11.9 Å². The fraction of sp³-hybridized carbons (Fsp3) is 0.533. The highest BCUT2D eigenvalue weighted by Gasteiger charge is 2.34. The quantitative estimate of drug-likeness (QED) is 0.895. The molecule has 6 heteroatoms. The summed E-state index contributed by atoms with van der Waals surface area (Å²) < 4.78 is 38.1. The van der Waals surface area contributed by atoms with Crippen LogP contribution in [0.5, 0.6) is 0 Å². The topological polar surface area (TPSA) is 56.0 Å². The first-order valence-electron chi connectivity index (χ1n) is 6.92. The number of hydrogen-bond acceptors (Lipinski definition) is 3. The van der Waals surface area contributed by atoms with Gasteiger partial charge in [-0.25, -0.2) is 0 Å². The van der Waals surface area contributed by atoms with Crippen molar-refractivity contribution in [3.63, 3.8) is 0 Å². The highest BCUT2D eigenvalue weighted by Crippen LogP contribution is 2.33. The van der Waals surface area contributed by atoms with E-state index < -0.39 is 22.9 Å². The van der Waals surface area contributed by atoms with Crippen LogP contribution >= 0.6 is 0 Å². The molecular formula is C15H17F3N2O. The maximum atomic E-state index is 12.7. The number of hydrogen-bond donors (Lipinski definition) is 2. The predicted molar refractivity (Wildman–Crippen MR) is 72.7 cm³/mol. The Hall–Kier alpha value is -1.74. The molecule has 0 unspecified atom stereocenters. The van der Waals surface area contributed by atoms with E-state index in [1.165, 1.54) is 12.1 Å². The highest BCUT2D eigenvalue weighted by atomic mass is 19.4. The lowest BCUT2D eigenvalue weighted by molar-refractivity contribution is -0.137. The molecule has 0 bridgehead atoms. The SMILES string of the molecule is N#Cc1cc(NCC2(O)CCCCC2)ccc1C(F)(F)F. The van der Waals surface area contributed by atoms with Crippen LogP contribution in [0.25, 0.3) is 0 Å². The number of rotatable bonds is 3. The van der Waals surface area contributed by atoms with Gasteiger partial charge in [-0.2, -0.15) is 18.4 Å². The number of anilines is 1. The molecule has 2 rings (SSSR count). The highest BCUT2D eigenvalue weighted by molar-refractivity contribution is 5.53. The Morgan fingerprint density at radius 1 is 1.24 bits per heavy atom. The lowest BCUT2D eigenvalue weighted by Gasteiger charge is -2.32. The molecule has 0 aromatic heterocycles.